The third-order valence-corrected chi connectivity index (χ3v) is 7.24. The van der Waals surface area contributed by atoms with Crippen LogP contribution in [0.4, 0.5) is 9.52 Å². The molecule has 1 amide bonds. The van der Waals surface area contributed by atoms with Crippen molar-refractivity contribution in [2.75, 3.05) is 11.5 Å². The zero-order valence-electron chi connectivity index (χ0n) is 20.2. The van der Waals surface area contributed by atoms with E-state index in [0.717, 1.165) is 30.6 Å². The molecule has 1 atom stereocenters. The van der Waals surface area contributed by atoms with Gasteiger partial charge in [0.1, 0.15) is 17.3 Å². The summed E-state index contributed by atoms with van der Waals surface area (Å²) in [5.74, 6) is -1.71. The molecule has 5 rings (SSSR count). The summed E-state index contributed by atoms with van der Waals surface area (Å²) < 4.78 is 20.3. The maximum Gasteiger partial charge on any atom is 0.301 e. The third-order valence-electron chi connectivity index (χ3n) is 6.23. The Kier molecular flexibility index (Phi) is 7.01. The van der Waals surface area contributed by atoms with Crippen LogP contribution in [0.5, 0.6) is 5.75 Å². The van der Waals surface area contributed by atoms with E-state index in [-0.39, 0.29) is 16.5 Å². The first-order valence-corrected chi connectivity index (χ1v) is 12.9. The number of unbranched alkanes of at least 4 members (excludes halogenated alkanes) is 2. The molecular formula is C29H25FN2O4S. The molecule has 3 aromatic carbocycles. The van der Waals surface area contributed by atoms with E-state index >= 15 is 0 Å². The number of aliphatic hydroxyl groups excluding tert-OH is 1. The van der Waals surface area contributed by atoms with Gasteiger partial charge in [-0.3, -0.25) is 14.5 Å². The van der Waals surface area contributed by atoms with Gasteiger partial charge < -0.3 is 9.84 Å². The Bertz CT molecular complexity index is 1500. The van der Waals surface area contributed by atoms with Crippen LogP contribution < -0.4 is 9.64 Å². The maximum atomic E-state index is 13.8. The number of hydrogen-bond donors (Lipinski definition) is 1. The molecule has 0 bridgehead atoms. The summed E-state index contributed by atoms with van der Waals surface area (Å²) in [5, 5.41) is 11.5. The molecular weight excluding hydrogens is 491 g/mol. The molecule has 2 heterocycles. The lowest BCUT2D eigenvalue weighted by atomic mass is 9.95. The van der Waals surface area contributed by atoms with Gasteiger partial charge in [-0.2, -0.15) is 0 Å². The summed E-state index contributed by atoms with van der Waals surface area (Å²) in [4.78, 5) is 32.6. The second kappa shape index (κ2) is 10.5. The number of nitrogens with zero attached hydrogens (tertiary/aromatic N) is 2. The molecule has 0 saturated carbocycles. The van der Waals surface area contributed by atoms with Gasteiger partial charge in [-0.05, 0) is 42.3 Å². The van der Waals surface area contributed by atoms with Crippen LogP contribution in [0.25, 0.3) is 16.0 Å². The van der Waals surface area contributed by atoms with E-state index in [2.05, 4.69) is 11.9 Å². The SMILES string of the molecule is CCCCCOc1cccc(C2/C(=C(\O)c3ccccc3)C(=O)C(=O)N2c2nc3ccc(F)cc3s2)c1. The fourth-order valence-corrected chi connectivity index (χ4v) is 5.42. The number of benzene rings is 3. The van der Waals surface area contributed by atoms with E-state index in [4.69, 9.17) is 4.74 Å². The van der Waals surface area contributed by atoms with Crippen LogP contribution in [-0.2, 0) is 9.59 Å². The van der Waals surface area contributed by atoms with E-state index in [1.807, 2.05) is 6.07 Å². The fraction of sp³-hybridized carbons (Fsp3) is 0.207. The van der Waals surface area contributed by atoms with E-state index in [1.54, 1.807) is 48.5 Å². The summed E-state index contributed by atoms with van der Waals surface area (Å²) in [6.07, 6.45) is 3.04. The van der Waals surface area contributed by atoms with E-state index in [9.17, 15) is 19.1 Å². The first-order valence-electron chi connectivity index (χ1n) is 12.1. The molecule has 0 aliphatic carbocycles. The molecule has 4 aromatic rings. The monoisotopic (exact) mass is 516 g/mol. The van der Waals surface area contributed by atoms with Gasteiger partial charge in [-0.25, -0.2) is 9.37 Å². The number of halogens is 1. The van der Waals surface area contributed by atoms with Crippen molar-refractivity contribution in [2.24, 2.45) is 0 Å². The standard InChI is InChI=1S/C29H25FN2O4S/c1-2-3-7-15-36-21-12-8-11-19(16-21)25-24(26(33)18-9-5-4-6-10-18)27(34)28(35)32(25)29-31-22-14-13-20(30)17-23(22)37-29/h4-6,8-14,16-17,25,33H,2-3,7,15H2,1H3/b26-24+. The van der Waals surface area contributed by atoms with Crippen molar-refractivity contribution < 1.29 is 23.8 Å². The average Bonchev–Trinajstić information content (AvgIpc) is 3.44. The largest absolute Gasteiger partial charge is 0.507 e. The van der Waals surface area contributed by atoms with Gasteiger partial charge in [0.05, 0.1) is 28.4 Å². The molecule has 188 valence electrons. The van der Waals surface area contributed by atoms with Crippen LogP contribution >= 0.6 is 11.3 Å². The number of fused-ring (bicyclic) bond motifs is 1. The number of carbonyl (C=O) groups is 2. The van der Waals surface area contributed by atoms with Crippen molar-refractivity contribution in [3.8, 4) is 5.75 Å². The normalized spacial score (nSPS) is 17.0. The summed E-state index contributed by atoms with van der Waals surface area (Å²) in [6.45, 7) is 2.66. The maximum absolute atomic E-state index is 13.8. The Morgan fingerprint density at radius 3 is 2.65 bits per heavy atom. The van der Waals surface area contributed by atoms with Gasteiger partial charge in [0.15, 0.2) is 5.13 Å². The molecule has 0 radical (unpaired) electrons. The molecule has 8 heteroatoms. The van der Waals surface area contributed by atoms with E-state index in [1.165, 1.54) is 23.1 Å². The minimum Gasteiger partial charge on any atom is -0.507 e. The summed E-state index contributed by atoms with van der Waals surface area (Å²) >= 11 is 1.11. The van der Waals surface area contributed by atoms with Crippen LogP contribution in [0.2, 0.25) is 0 Å². The van der Waals surface area contributed by atoms with Crippen LogP contribution in [-0.4, -0.2) is 28.4 Å². The van der Waals surface area contributed by atoms with E-state index in [0.29, 0.717) is 33.7 Å². The topological polar surface area (TPSA) is 79.7 Å². The van der Waals surface area contributed by atoms with Crippen molar-refractivity contribution in [2.45, 2.75) is 32.2 Å². The highest BCUT2D eigenvalue weighted by molar-refractivity contribution is 7.22. The Morgan fingerprint density at radius 1 is 1.05 bits per heavy atom. The quantitative estimate of drug-likeness (QED) is 0.123. The smallest absolute Gasteiger partial charge is 0.301 e. The molecule has 37 heavy (non-hydrogen) atoms. The Morgan fingerprint density at radius 2 is 1.86 bits per heavy atom. The lowest BCUT2D eigenvalue weighted by molar-refractivity contribution is -0.132. The van der Waals surface area contributed by atoms with Gasteiger partial charge in [-0.1, -0.05) is 73.6 Å². The number of hydrogen-bond acceptors (Lipinski definition) is 6. The van der Waals surface area contributed by atoms with Crippen LogP contribution in [0, 0.1) is 5.82 Å². The van der Waals surface area contributed by atoms with Crippen molar-refractivity contribution in [3.05, 3.63) is 95.3 Å². The number of anilines is 1. The molecule has 1 unspecified atom stereocenters. The molecule has 0 spiro atoms. The minimum atomic E-state index is -0.940. The molecule has 1 aliphatic rings. The molecule has 1 aliphatic heterocycles. The Labute approximate surface area is 217 Å². The Hall–Kier alpha value is -4.04. The number of Topliss-reactive ketones (excluding diaryl/α,β-unsaturated/α-hetero) is 1. The highest BCUT2D eigenvalue weighted by Crippen LogP contribution is 2.44. The lowest BCUT2D eigenvalue weighted by Crippen LogP contribution is -2.29. The van der Waals surface area contributed by atoms with E-state index < -0.39 is 23.5 Å². The van der Waals surface area contributed by atoms with Crippen LogP contribution in [0.15, 0.2) is 78.4 Å². The van der Waals surface area contributed by atoms with Crippen LogP contribution in [0.1, 0.15) is 43.4 Å². The summed E-state index contributed by atoms with van der Waals surface area (Å²) in [6, 6.07) is 19.0. The van der Waals surface area contributed by atoms with Gasteiger partial charge in [0.25, 0.3) is 5.78 Å². The zero-order chi connectivity index (χ0) is 25.9. The van der Waals surface area contributed by atoms with Gasteiger partial charge in [0.2, 0.25) is 0 Å². The first-order chi connectivity index (χ1) is 18.0. The van der Waals surface area contributed by atoms with Gasteiger partial charge in [0, 0.05) is 5.56 Å². The number of aliphatic hydroxyl groups is 1. The number of aromatic nitrogens is 1. The highest BCUT2D eigenvalue weighted by atomic mass is 32.1. The number of carbonyl (C=O) groups excluding carboxylic acids is 2. The second-order valence-corrected chi connectivity index (χ2v) is 9.78. The predicted octanol–water partition coefficient (Wildman–Crippen LogP) is 6.63. The molecule has 1 aromatic heterocycles. The number of thiazole rings is 1. The molecule has 6 nitrogen and oxygen atoms in total. The van der Waals surface area contributed by atoms with Gasteiger partial charge in [-0.15, -0.1) is 0 Å². The average molecular weight is 517 g/mol. The predicted molar refractivity (Wildman–Crippen MR) is 142 cm³/mol. The van der Waals surface area contributed by atoms with Crippen molar-refractivity contribution in [1.82, 2.24) is 4.98 Å². The fourth-order valence-electron chi connectivity index (χ4n) is 4.40. The lowest BCUT2D eigenvalue weighted by Gasteiger charge is -2.23. The summed E-state index contributed by atoms with van der Waals surface area (Å²) in [7, 11) is 0. The molecule has 1 saturated heterocycles. The highest BCUT2D eigenvalue weighted by Gasteiger charge is 2.48. The van der Waals surface area contributed by atoms with Gasteiger partial charge >= 0.3 is 5.91 Å². The number of ketones is 1. The van der Waals surface area contributed by atoms with Crippen molar-refractivity contribution in [3.63, 3.8) is 0 Å². The number of rotatable bonds is 8. The summed E-state index contributed by atoms with van der Waals surface area (Å²) in [5.41, 5.74) is 1.49. The van der Waals surface area contributed by atoms with Crippen molar-refractivity contribution >= 4 is 44.1 Å². The minimum absolute atomic E-state index is 0.0373. The van der Waals surface area contributed by atoms with Crippen LogP contribution in [0.3, 0.4) is 0 Å². The molecule has 1 fully saturated rings. The zero-order valence-corrected chi connectivity index (χ0v) is 21.0. The van der Waals surface area contributed by atoms with Crippen molar-refractivity contribution in [1.29, 1.82) is 0 Å². The number of amides is 1. The third kappa shape index (κ3) is 4.84. The number of ether oxygens (including phenoxy) is 1. The second-order valence-electron chi connectivity index (χ2n) is 8.77. The Balaban J connectivity index is 1.64. The first kappa shape index (κ1) is 24.6. The molecule has 1 N–H and O–H groups in total.